The van der Waals surface area contributed by atoms with Crippen molar-refractivity contribution in [1.82, 2.24) is 14.8 Å². The van der Waals surface area contributed by atoms with Crippen LogP contribution in [0.5, 0.6) is 0 Å². The van der Waals surface area contributed by atoms with E-state index in [1.165, 1.54) is 12.1 Å². The zero-order valence-electron chi connectivity index (χ0n) is 23.3. The number of allylic oxidation sites excluding steroid dienone is 1. The van der Waals surface area contributed by atoms with Crippen molar-refractivity contribution in [3.05, 3.63) is 99.1 Å². The van der Waals surface area contributed by atoms with E-state index in [2.05, 4.69) is 5.32 Å². The summed E-state index contributed by atoms with van der Waals surface area (Å²) in [5, 5.41) is 16.9. The molecule has 0 saturated heterocycles. The van der Waals surface area contributed by atoms with Crippen LogP contribution < -0.4 is 5.32 Å². The number of nitro benzene ring substituents is 1. The van der Waals surface area contributed by atoms with Crippen LogP contribution in [0.25, 0.3) is 10.8 Å². The van der Waals surface area contributed by atoms with Gasteiger partial charge in [-0.3, -0.25) is 10.1 Å². The molecule has 0 fully saturated rings. The first-order valence-corrected chi connectivity index (χ1v) is 13.1. The van der Waals surface area contributed by atoms with E-state index in [1.807, 2.05) is 60.2 Å². The summed E-state index contributed by atoms with van der Waals surface area (Å²) in [6, 6.07) is 13.8. The molecule has 2 atom stereocenters. The normalized spacial score (nSPS) is 16.2. The van der Waals surface area contributed by atoms with E-state index < -0.39 is 29.0 Å². The minimum absolute atomic E-state index is 0.131. The molecule has 4 rings (SSSR count). The molecule has 3 aromatic rings. The van der Waals surface area contributed by atoms with Gasteiger partial charge in [0.2, 0.25) is 0 Å². The average molecular weight is 547 g/mol. The van der Waals surface area contributed by atoms with Gasteiger partial charge in [0.1, 0.15) is 0 Å². The van der Waals surface area contributed by atoms with Gasteiger partial charge in [0.25, 0.3) is 5.69 Å². The molecule has 1 N–H and O–H groups in total. The molecule has 0 aliphatic carbocycles. The molecule has 10 nitrogen and oxygen atoms in total. The van der Waals surface area contributed by atoms with E-state index in [1.54, 1.807) is 32.9 Å². The number of nitro groups is 1. The lowest BCUT2D eigenvalue weighted by molar-refractivity contribution is -0.384. The SMILES string of the molecule is CCOC(=O)C1=C(CCN(C)C)NC(C)=C(C(=O)OC(C)n2cc3ccccc3c2)C1c1cccc([N+](=O)[O-])c1. The fraction of sp³-hybridized carbons (Fsp3) is 0.333. The quantitative estimate of drug-likeness (QED) is 0.214. The van der Waals surface area contributed by atoms with Crippen LogP contribution in [0.2, 0.25) is 0 Å². The highest BCUT2D eigenvalue weighted by molar-refractivity contribution is 6.00. The summed E-state index contributed by atoms with van der Waals surface area (Å²) in [4.78, 5) is 40.4. The van der Waals surface area contributed by atoms with E-state index in [9.17, 15) is 19.7 Å². The highest BCUT2D eigenvalue weighted by Crippen LogP contribution is 2.41. The van der Waals surface area contributed by atoms with E-state index >= 15 is 0 Å². The zero-order valence-corrected chi connectivity index (χ0v) is 23.3. The molecule has 2 unspecified atom stereocenters. The first kappa shape index (κ1) is 28.6. The number of carbonyl (C=O) groups is 2. The Balaban J connectivity index is 1.79. The fourth-order valence-electron chi connectivity index (χ4n) is 4.89. The van der Waals surface area contributed by atoms with Crippen molar-refractivity contribution in [1.29, 1.82) is 0 Å². The number of hydrogen-bond acceptors (Lipinski definition) is 8. The highest BCUT2D eigenvalue weighted by Gasteiger charge is 2.39. The van der Waals surface area contributed by atoms with Gasteiger partial charge in [-0.05, 0) is 51.2 Å². The summed E-state index contributed by atoms with van der Waals surface area (Å²) in [5.41, 5.74) is 1.82. The Kier molecular flexibility index (Phi) is 8.69. The molecule has 10 heteroatoms. The van der Waals surface area contributed by atoms with Gasteiger partial charge in [-0.2, -0.15) is 0 Å². The summed E-state index contributed by atoms with van der Waals surface area (Å²) in [7, 11) is 3.84. The third-order valence-corrected chi connectivity index (χ3v) is 6.85. The molecule has 1 aliphatic rings. The van der Waals surface area contributed by atoms with Crippen LogP contribution in [-0.4, -0.2) is 53.6 Å². The van der Waals surface area contributed by atoms with Crippen molar-refractivity contribution in [3.63, 3.8) is 0 Å². The van der Waals surface area contributed by atoms with Gasteiger partial charge in [-0.15, -0.1) is 0 Å². The van der Waals surface area contributed by atoms with Gasteiger partial charge < -0.3 is 24.3 Å². The zero-order chi connectivity index (χ0) is 29.0. The topological polar surface area (TPSA) is 116 Å². The molecule has 1 aliphatic heterocycles. The van der Waals surface area contributed by atoms with Gasteiger partial charge in [0.15, 0.2) is 6.23 Å². The third-order valence-electron chi connectivity index (χ3n) is 6.85. The number of nitrogens with one attached hydrogen (secondary N) is 1. The number of benzene rings is 2. The van der Waals surface area contributed by atoms with E-state index in [-0.39, 0.29) is 23.4 Å². The lowest BCUT2D eigenvalue weighted by atomic mass is 9.79. The van der Waals surface area contributed by atoms with Gasteiger partial charge >= 0.3 is 11.9 Å². The number of esters is 2. The number of fused-ring (bicyclic) bond motifs is 1. The maximum atomic E-state index is 13.9. The van der Waals surface area contributed by atoms with E-state index in [4.69, 9.17) is 9.47 Å². The maximum absolute atomic E-state index is 13.9. The van der Waals surface area contributed by atoms with Crippen LogP contribution in [0.1, 0.15) is 44.9 Å². The molecule has 0 amide bonds. The Labute approximate surface area is 233 Å². The second kappa shape index (κ2) is 12.2. The number of nitrogens with zero attached hydrogens (tertiary/aromatic N) is 3. The molecule has 2 heterocycles. The Morgan fingerprint density at radius 2 is 1.75 bits per heavy atom. The van der Waals surface area contributed by atoms with Crippen molar-refractivity contribution in [2.24, 2.45) is 0 Å². The largest absolute Gasteiger partial charge is 0.463 e. The summed E-state index contributed by atoms with van der Waals surface area (Å²) < 4.78 is 13.2. The summed E-state index contributed by atoms with van der Waals surface area (Å²) in [5.74, 6) is -2.16. The maximum Gasteiger partial charge on any atom is 0.338 e. The molecule has 0 spiro atoms. The molecule has 0 bridgehead atoms. The molecule has 210 valence electrons. The second-order valence-electron chi connectivity index (χ2n) is 9.95. The standard InChI is InChI=1S/C30H34N4O6/c1-6-39-29(35)28-25(14-15-32(4)5)31-19(2)26(27(28)21-12-9-13-24(16-21)34(37)38)30(36)40-20(3)33-17-22-10-7-8-11-23(22)18-33/h7-13,16-18,20,27,31H,6,14-15H2,1-5H3. The Morgan fingerprint density at radius 3 is 2.35 bits per heavy atom. The van der Waals surface area contributed by atoms with Crippen LogP contribution in [0, 0.1) is 10.1 Å². The predicted molar refractivity (Wildman–Crippen MR) is 151 cm³/mol. The van der Waals surface area contributed by atoms with Gasteiger partial charge in [-0.1, -0.05) is 36.4 Å². The number of rotatable bonds is 10. The molecule has 0 radical (unpaired) electrons. The molecule has 2 aromatic carbocycles. The highest BCUT2D eigenvalue weighted by atomic mass is 16.6. The smallest absolute Gasteiger partial charge is 0.338 e. The Bertz CT molecular complexity index is 1470. The fourth-order valence-corrected chi connectivity index (χ4v) is 4.89. The number of aromatic nitrogens is 1. The minimum Gasteiger partial charge on any atom is -0.463 e. The number of hydrogen-bond donors (Lipinski definition) is 1. The Morgan fingerprint density at radius 1 is 1.07 bits per heavy atom. The summed E-state index contributed by atoms with van der Waals surface area (Å²) >= 11 is 0. The minimum atomic E-state index is -0.930. The molecule has 1 aromatic heterocycles. The molecule has 40 heavy (non-hydrogen) atoms. The van der Waals surface area contributed by atoms with Gasteiger partial charge in [0.05, 0.1) is 28.6 Å². The van der Waals surface area contributed by atoms with Crippen molar-refractivity contribution in [3.8, 4) is 0 Å². The molecule has 0 saturated carbocycles. The van der Waals surface area contributed by atoms with Crippen molar-refractivity contribution in [2.45, 2.75) is 39.3 Å². The molecular formula is C30H34N4O6. The Hall–Kier alpha value is -4.44. The molecular weight excluding hydrogens is 512 g/mol. The van der Waals surface area contributed by atoms with Crippen molar-refractivity contribution < 1.29 is 24.0 Å². The van der Waals surface area contributed by atoms with Crippen LogP contribution in [0.15, 0.2) is 83.5 Å². The van der Waals surface area contributed by atoms with Gasteiger partial charge in [0, 0.05) is 48.9 Å². The lowest BCUT2D eigenvalue weighted by Gasteiger charge is -2.32. The number of ether oxygens (including phenoxy) is 2. The number of dihydropyridines is 1. The van der Waals surface area contributed by atoms with Crippen LogP contribution in [0.3, 0.4) is 0 Å². The first-order valence-electron chi connectivity index (χ1n) is 13.1. The second-order valence-corrected chi connectivity index (χ2v) is 9.95. The number of non-ortho nitro benzene ring substituents is 1. The van der Waals surface area contributed by atoms with Crippen molar-refractivity contribution >= 4 is 28.4 Å². The van der Waals surface area contributed by atoms with E-state index in [0.717, 1.165) is 10.8 Å². The van der Waals surface area contributed by atoms with Crippen molar-refractivity contribution in [2.75, 3.05) is 27.2 Å². The summed E-state index contributed by atoms with van der Waals surface area (Å²) in [6.07, 6.45) is 3.61. The van der Waals surface area contributed by atoms with Crippen LogP contribution >= 0.6 is 0 Å². The lowest BCUT2D eigenvalue weighted by Crippen LogP contribution is -2.34. The monoisotopic (exact) mass is 546 g/mol. The first-order chi connectivity index (χ1) is 19.1. The van der Waals surface area contributed by atoms with Crippen LogP contribution in [-0.2, 0) is 19.1 Å². The van der Waals surface area contributed by atoms with Gasteiger partial charge in [-0.25, -0.2) is 9.59 Å². The number of carbonyl (C=O) groups excluding carboxylic acids is 2. The summed E-state index contributed by atoms with van der Waals surface area (Å²) in [6.45, 7) is 5.96. The third kappa shape index (κ3) is 6.07. The van der Waals surface area contributed by atoms with Crippen LogP contribution in [0.4, 0.5) is 5.69 Å². The predicted octanol–water partition coefficient (Wildman–Crippen LogP) is 5.04. The average Bonchev–Trinajstić information content (AvgIpc) is 3.36. The van der Waals surface area contributed by atoms with E-state index in [0.29, 0.717) is 29.9 Å².